The van der Waals surface area contributed by atoms with Crippen LogP contribution in [0.3, 0.4) is 0 Å². The monoisotopic (exact) mass is 254 g/mol. The number of aryl methyl sites for hydroxylation is 1. The van der Waals surface area contributed by atoms with Gasteiger partial charge in [-0.3, -0.25) is 4.98 Å². The molecule has 0 fully saturated rings. The van der Waals surface area contributed by atoms with Crippen molar-refractivity contribution >= 4 is 11.6 Å². The Labute approximate surface area is 113 Å². The standard InChI is InChI=1S/C15H18N4/c1-16-14-9-17-10-15(19-14)18-13-7-6-11-4-2-3-5-12(11)8-13/h2-5,9-10,13H,6-8H2,1H3,(H2,16,18,19). The third-order valence-corrected chi connectivity index (χ3v) is 3.59. The van der Waals surface area contributed by atoms with E-state index < -0.39 is 0 Å². The molecular formula is C15H18N4. The van der Waals surface area contributed by atoms with E-state index in [2.05, 4.69) is 44.9 Å². The Hall–Kier alpha value is -2.10. The van der Waals surface area contributed by atoms with Crippen molar-refractivity contribution in [2.45, 2.75) is 25.3 Å². The fourth-order valence-electron chi connectivity index (χ4n) is 2.59. The normalized spacial score (nSPS) is 17.6. The summed E-state index contributed by atoms with van der Waals surface area (Å²) in [6.07, 6.45) is 6.83. The highest BCUT2D eigenvalue weighted by Crippen LogP contribution is 2.23. The molecule has 0 saturated carbocycles. The van der Waals surface area contributed by atoms with Gasteiger partial charge in [0.15, 0.2) is 0 Å². The van der Waals surface area contributed by atoms with Gasteiger partial charge < -0.3 is 10.6 Å². The second-order valence-corrected chi connectivity index (χ2v) is 4.89. The number of anilines is 2. The molecule has 4 nitrogen and oxygen atoms in total. The van der Waals surface area contributed by atoms with E-state index >= 15 is 0 Å². The predicted molar refractivity (Wildman–Crippen MR) is 77.5 cm³/mol. The van der Waals surface area contributed by atoms with Gasteiger partial charge in [-0.15, -0.1) is 0 Å². The molecule has 2 N–H and O–H groups in total. The summed E-state index contributed by atoms with van der Waals surface area (Å²) in [5, 5.41) is 6.49. The molecule has 1 aliphatic carbocycles. The van der Waals surface area contributed by atoms with E-state index in [0.717, 1.165) is 30.9 Å². The van der Waals surface area contributed by atoms with Crippen LogP contribution >= 0.6 is 0 Å². The Morgan fingerprint density at radius 2 is 1.89 bits per heavy atom. The highest BCUT2D eigenvalue weighted by atomic mass is 15.1. The van der Waals surface area contributed by atoms with Gasteiger partial charge in [-0.2, -0.15) is 0 Å². The molecule has 1 aromatic carbocycles. The number of hydrogen-bond acceptors (Lipinski definition) is 4. The van der Waals surface area contributed by atoms with Gasteiger partial charge in [0.2, 0.25) is 0 Å². The summed E-state index contributed by atoms with van der Waals surface area (Å²) in [5.74, 6) is 1.64. The summed E-state index contributed by atoms with van der Waals surface area (Å²) in [5.41, 5.74) is 2.93. The molecule has 1 aromatic heterocycles. The van der Waals surface area contributed by atoms with Crippen LogP contribution < -0.4 is 10.6 Å². The molecule has 1 heterocycles. The molecule has 0 spiro atoms. The second-order valence-electron chi connectivity index (χ2n) is 4.89. The average Bonchev–Trinajstić information content (AvgIpc) is 2.47. The predicted octanol–water partition coefficient (Wildman–Crippen LogP) is 2.49. The van der Waals surface area contributed by atoms with Crippen molar-refractivity contribution in [1.29, 1.82) is 0 Å². The van der Waals surface area contributed by atoms with E-state index in [9.17, 15) is 0 Å². The van der Waals surface area contributed by atoms with Crippen LogP contribution in [0, 0.1) is 0 Å². The van der Waals surface area contributed by atoms with Gasteiger partial charge in [-0.25, -0.2) is 4.98 Å². The quantitative estimate of drug-likeness (QED) is 0.883. The summed E-state index contributed by atoms with van der Waals surface area (Å²) in [7, 11) is 1.85. The first-order chi connectivity index (χ1) is 9.35. The minimum atomic E-state index is 0.441. The summed E-state index contributed by atoms with van der Waals surface area (Å²) in [6.45, 7) is 0. The first kappa shape index (κ1) is 12.0. The van der Waals surface area contributed by atoms with Crippen molar-refractivity contribution < 1.29 is 0 Å². The molecule has 98 valence electrons. The largest absolute Gasteiger partial charge is 0.372 e. The minimum absolute atomic E-state index is 0.441. The molecular weight excluding hydrogens is 236 g/mol. The first-order valence-electron chi connectivity index (χ1n) is 6.68. The second kappa shape index (κ2) is 5.26. The van der Waals surface area contributed by atoms with Crippen LogP contribution in [-0.4, -0.2) is 23.1 Å². The van der Waals surface area contributed by atoms with Crippen LogP contribution in [0.4, 0.5) is 11.6 Å². The third-order valence-electron chi connectivity index (χ3n) is 3.59. The third kappa shape index (κ3) is 2.67. The van der Waals surface area contributed by atoms with Crippen LogP contribution in [0.15, 0.2) is 36.7 Å². The van der Waals surface area contributed by atoms with Crippen molar-refractivity contribution in [3.8, 4) is 0 Å². The lowest BCUT2D eigenvalue weighted by Gasteiger charge is -2.25. The van der Waals surface area contributed by atoms with Crippen molar-refractivity contribution in [2.24, 2.45) is 0 Å². The molecule has 1 unspecified atom stereocenters. The van der Waals surface area contributed by atoms with Gasteiger partial charge in [-0.1, -0.05) is 24.3 Å². The lowest BCUT2D eigenvalue weighted by atomic mass is 9.88. The molecule has 3 rings (SSSR count). The smallest absolute Gasteiger partial charge is 0.147 e. The van der Waals surface area contributed by atoms with Crippen LogP contribution in [0.25, 0.3) is 0 Å². The molecule has 2 aromatic rings. The lowest BCUT2D eigenvalue weighted by Crippen LogP contribution is -2.27. The van der Waals surface area contributed by atoms with E-state index in [1.54, 1.807) is 12.4 Å². The van der Waals surface area contributed by atoms with Gasteiger partial charge in [0.25, 0.3) is 0 Å². The highest BCUT2D eigenvalue weighted by Gasteiger charge is 2.18. The maximum atomic E-state index is 4.46. The molecule has 1 aliphatic rings. The molecule has 0 bridgehead atoms. The number of aromatic nitrogens is 2. The van der Waals surface area contributed by atoms with Crippen LogP contribution in [0.5, 0.6) is 0 Å². The number of rotatable bonds is 3. The Morgan fingerprint density at radius 3 is 2.74 bits per heavy atom. The zero-order chi connectivity index (χ0) is 13.1. The van der Waals surface area contributed by atoms with Crippen molar-refractivity contribution in [3.63, 3.8) is 0 Å². The van der Waals surface area contributed by atoms with Crippen LogP contribution in [0.2, 0.25) is 0 Å². The molecule has 0 aliphatic heterocycles. The van der Waals surface area contributed by atoms with Gasteiger partial charge in [0, 0.05) is 13.1 Å². The summed E-state index contributed by atoms with van der Waals surface area (Å²) in [4.78, 5) is 8.63. The number of benzene rings is 1. The zero-order valence-electron chi connectivity index (χ0n) is 11.1. The SMILES string of the molecule is CNc1cncc(NC2CCc3ccccc3C2)n1. The van der Waals surface area contributed by atoms with E-state index in [0.29, 0.717) is 6.04 Å². The van der Waals surface area contributed by atoms with E-state index in [4.69, 9.17) is 0 Å². The number of nitrogens with one attached hydrogen (secondary N) is 2. The molecule has 0 amide bonds. The molecule has 1 atom stereocenters. The maximum Gasteiger partial charge on any atom is 0.147 e. The van der Waals surface area contributed by atoms with Crippen molar-refractivity contribution in [1.82, 2.24) is 9.97 Å². The molecule has 4 heteroatoms. The van der Waals surface area contributed by atoms with E-state index in [1.165, 1.54) is 11.1 Å². The fraction of sp³-hybridized carbons (Fsp3) is 0.333. The van der Waals surface area contributed by atoms with Crippen LogP contribution in [-0.2, 0) is 12.8 Å². The number of fused-ring (bicyclic) bond motifs is 1. The van der Waals surface area contributed by atoms with Gasteiger partial charge >= 0.3 is 0 Å². The number of nitrogens with zero attached hydrogens (tertiary/aromatic N) is 2. The zero-order valence-corrected chi connectivity index (χ0v) is 11.1. The molecule has 19 heavy (non-hydrogen) atoms. The highest BCUT2D eigenvalue weighted by molar-refractivity contribution is 5.43. The fourth-order valence-corrected chi connectivity index (χ4v) is 2.59. The van der Waals surface area contributed by atoms with Crippen LogP contribution in [0.1, 0.15) is 17.5 Å². The van der Waals surface area contributed by atoms with Crippen molar-refractivity contribution in [2.75, 3.05) is 17.7 Å². The first-order valence-corrected chi connectivity index (χ1v) is 6.68. The molecule has 0 radical (unpaired) electrons. The van der Waals surface area contributed by atoms with E-state index in [1.807, 2.05) is 7.05 Å². The lowest BCUT2D eigenvalue weighted by molar-refractivity contribution is 0.608. The number of hydrogen-bond donors (Lipinski definition) is 2. The van der Waals surface area contributed by atoms with E-state index in [-0.39, 0.29) is 0 Å². The summed E-state index contributed by atoms with van der Waals surface area (Å²) >= 11 is 0. The Morgan fingerprint density at radius 1 is 1.11 bits per heavy atom. The summed E-state index contributed by atoms with van der Waals surface area (Å²) < 4.78 is 0. The topological polar surface area (TPSA) is 49.8 Å². The van der Waals surface area contributed by atoms with Crippen molar-refractivity contribution in [3.05, 3.63) is 47.8 Å². The Balaban J connectivity index is 1.71. The molecule has 0 saturated heterocycles. The Kier molecular flexibility index (Phi) is 3.31. The summed E-state index contributed by atoms with van der Waals surface area (Å²) in [6, 6.07) is 9.12. The Bertz CT molecular complexity index is 568. The maximum absolute atomic E-state index is 4.46. The van der Waals surface area contributed by atoms with Gasteiger partial charge in [0.05, 0.1) is 12.4 Å². The minimum Gasteiger partial charge on any atom is -0.372 e. The average molecular weight is 254 g/mol. The van der Waals surface area contributed by atoms with Gasteiger partial charge in [0.1, 0.15) is 11.6 Å². The van der Waals surface area contributed by atoms with Gasteiger partial charge in [-0.05, 0) is 30.4 Å².